The fourth-order valence-corrected chi connectivity index (χ4v) is 3.80. The maximum absolute atomic E-state index is 13.6. The first-order chi connectivity index (χ1) is 17.7. The third-order valence-corrected chi connectivity index (χ3v) is 5.77. The number of ether oxygens (including phenoxy) is 3. The average molecular weight is 516 g/mol. The molecule has 0 aliphatic rings. The zero-order valence-corrected chi connectivity index (χ0v) is 20.8. The number of halogens is 3. The molecule has 37 heavy (non-hydrogen) atoms. The Bertz CT molecular complexity index is 1230. The van der Waals surface area contributed by atoms with Crippen molar-refractivity contribution in [3.05, 3.63) is 89.0 Å². The maximum atomic E-state index is 13.6. The van der Waals surface area contributed by atoms with Crippen LogP contribution in [0.5, 0.6) is 5.75 Å². The molecule has 3 aromatic rings. The average Bonchev–Trinajstić information content (AvgIpc) is 2.90. The van der Waals surface area contributed by atoms with E-state index in [2.05, 4.69) is 0 Å². The van der Waals surface area contributed by atoms with Gasteiger partial charge >= 0.3 is 18.2 Å². The quantitative estimate of drug-likeness (QED) is 0.315. The lowest BCUT2D eigenvalue weighted by atomic mass is 9.94. The second kappa shape index (κ2) is 12.3. The van der Waals surface area contributed by atoms with Gasteiger partial charge < -0.3 is 19.1 Å². The van der Waals surface area contributed by atoms with Crippen LogP contribution in [-0.4, -0.2) is 37.7 Å². The molecule has 3 aromatic carbocycles. The molecule has 0 spiro atoms. The Labute approximate surface area is 213 Å². The summed E-state index contributed by atoms with van der Waals surface area (Å²) in [7, 11) is 2.72. The Hall–Kier alpha value is -4.01. The number of rotatable bonds is 9. The summed E-state index contributed by atoms with van der Waals surface area (Å²) < 4.78 is 56.4. The lowest BCUT2D eigenvalue weighted by Crippen LogP contribution is -2.31. The predicted molar refractivity (Wildman–Crippen MR) is 132 cm³/mol. The number of carbonyl (C=O) groups excluding carboxylic acids is 2. The van der Waals surface area contributed by atoms with E-state index in [9.17, 15) is 22.8 Å². The second-order valence-corrected chi connectivity index (χ2v) is 8.21. The summed E-state index contributed by atoms with van der Waals surface area (Å²) >= 11 is 0. The Balaban J connectivity index is 1.99. The first-order valence-corrected chi connectivity index (χ1v) is 11.6. The summed E-state index contributed by atoms with van der Waals surface area (Å²) in [5.41, 5.74) is 1.72. The molecule has 0 saturated carbocycles. The number of benzene rings is 3. The molecule has 0 heterocycles. The molecule has 3 rings (SSSR count). The van der Waals surface area contributed by atoms with E-state index in [1.165, 1.54) is 25.2 Å². The van der Waals surface area contributed by atoms with E-state index in [0.717, 1.165) is 17.7 Å². The molecule has 0 aliphatic carbocycles. The van der Waals surface area contributed by atoms with Crippen LogP contribution in [0, 0.1) is 0 Å². The van der Waals surface area contributed by atoms with E-state index in [-0.39, 0.29) is 31.7 Å². The van der Waals surface area contributed by atoms with Crippen molar-refractivity contribution >= 4 is 12.1 Å². The highest BCUT2D eigenvalue weighted by Gasteiger charge is 2.32. The number of amides is 1. The van der Waals surface area contributed by atoms with E-state index < -0.39 is 23.8 Å². The molecule has 0 radical (unpaired) electrons. The SMILES string of the molecule is CCN(Cc1cc(C(F)(F)F)ccc1-c1cc(CC(=O)OC)ccc1OC)C(=O)OCc1ccccc1. The van der Waals surface area contributed by atoms with Crippen LogP contribution >= 0.6 is 0 Å². The molecule has 1 amide bonds. The monoisotopic (exact) mass is 515 g/mol. The van der Waals surface area contributed by atoms with Crippen LogP contribution in [0.3, 0.4) is 0 Å². The lowest BCUT2D eigenvalue weighted by Gasteiger charge is -2.23. The predicted octanol–water partition coefficient (Wildman–Crippen LogP) is 6.26. The highest BCUT2D eigenvalue weighted by molar-refractivity contribution is 5.78. The molecule has 0 aliphatic heterocycles. The molecule has 0 aromatic heterocycles. The van der Waals surface area contributed by atoms with Crippen LogP contribution in [0.2, 0.25) is 0 Å². The highest BCUT2D eigenvalue weighted by Crippen LogP contribution is 2.38. The zero-order valence-electron chi connectivity index (χ0n) is 20.8. The van der Waals surface area contributed by atoms with Gasteiger partial charge in [-0.15, -0.1) is 0 Å². The molecule has 0 saturated heterocycles. The van der Waals surface area contributed by atoms with E-state index in [0.29, 0.717) is 22.4 Å². The molecule has 0 N–H and O–H groups in total. The van der Waals surface area contributed by atoms with Gasteiger partial charge in [-0.1, -0.05) is 42.5 Å². The summed E-state index contributed by atoms with van der Waals surface area (Å²) in [6, 6.07) is 17.4. The van der Waals surface area contributed by atoms with Crippen LogP contribution < -0.4 is 4.74 Å². The molecular formula is C28H28F3NO5. The summed E-state index contributed by atoms with van der Waals surface area (Å²) in [4.78, 5) is 25.9. The third kappa shape index (κ3) is 7.25. The molecule has 0 bridgehead atoms. The van der Waals surface area contributed by atoms with Crippen molar-refractivity contribution in [2.45, 2.75) is 32.7 Å². The van der Waals surface area contributed by atoms with Gasteiger partial charge in [-0.25, -0.2) is 4.79 Å². The summed E-state index contributed by atoms with van der Waals surface area (Å²) in [5, 5.41) is 0. The van der Waals surface area contributed by atoms with Crippen LogP contribution in [0.25, 0.3) is 11.1 Å². The smallest absolute Gasteiger partial charge is 0.416 e. The van der Waals surface area contributed by atoms with E-state index in [1.54, 1.807) is 25.1 Å². The van der Waals surface area contributed by atoms with Gasteiger partial charge in [-0.05, 0) is 53.4 Å². The Morgan fingerprint density at radius 1 is 0.892 bits per heavy atom. The number of carbonyl (C=O) groups is 2. The third-order valence-electron chi connectivity index (χ3n) is 5.77. The molecule has 9 heteroatoms. The van der Waals surface area contributed by atoms with Gasteiger partial charge in [0.05, 0.1) is 26.2 Å². The fourth-order valence-electron chi connectivity index (χ4n) is 3.80. The number of esters is 1. The van der Waals surface area contributed by atoms with Crippen molar-refractivity contribution in [2.75, 3.05) is 20.8 Å². The van der Waals surface area contributed by atoms with Gasteiger partial charge in [-0.3, -0.25) is 4.79 Å². The number of hydrogen-bond donors (Lipinski definition) is 0. The Kier molecular flexibility index (Phi) is 9.16. The van der Waals surface area contributed by atoms with Crippen molar-refractivity contribution in [3.63, 3.8) is 0 Å². The topological polar surface area (TPSA) is 65.1 Å². The van der Waals surface area contributed by atoms with Crippen molar-refractivity contribution in [1.82, 2.24) is 4.90 Å². The van der Waals surface area contributed by atoms with E-state index in [4.69, 9.17) is 14.2 Å². The van der Waals surface area contributed by atoms with Gasteiger partial charge in [0.15, 0.2) is 0 Å². The van der Waals surface area contributed by atoms with Crippen LogP contribution in [-0.2, 0) is 40.0 Å². The van der Waals surface area contributed by atoms with Gasteiger partial charge in [0.2, 0.25) is 0 Å². The standard InChI is InChI=1S/C28H28F3NO5/c1-4-32(27(34)37-18-19-8-6-5-7-9-19)17-21-16-22(28(29,30)31)11-12-23(21)24-14-20(15-26(33)36-3)10-13-25(24)35-2/h5-14,16H,4,15,17-18H2,1-3H3. The van der Waals surface area contributed by atoms with Crippen molar-refractivity contribution in [3.8, 4) is 16.9 Å². The summed E-state index contributed by atoms with van der Waals surface area (Å²) in [5.74, 6) is -0.0496. The Morgan fingerprint density at radius 3 is 2.24 bits per heavy atom. The first kappa shape index (κ1) is 27.6. The zero-order chi connectivity index (χ0) is 27.0. The number of nitrogens with zero attached hydrogens (tertiary/aromatic N) is 1. The molecule has 0 unspecified atom stereocenters. The fraction of sp³-hybridized carbons (Fsp3) is 0.286. The molecule has 6 nitrogen and oxygen atoms in total. The minimum absolute atomic E-state index is 0.0175. The second-order valence-electron chi connectivity index (χ2n) is 8.21. The van der Waals surface area contributed by atoms with Gasteiger partial charge in [-0.2, -0.15) is 13.2 Å². The summed E-state index contributed by atoms with van der Waals surface area (Å²) in [6.45, 7) is 1.83. The van der Waals surface area contributed by atoms with Crippen LogP contribution in [0.4, 0.5) is 18.0 Å². The van der Waals surface area contributed by atoms with E-state index >= 15 is 0 Å². The summed E-state index contributed by atoms with van der Waals surface area (Å²) in [6.07, 6.45) is -5.24. The van der Waals surface area contributed by atoms with Gasteiger partial charge in [0, 0.05) is 18.7 Å². The molecule has 0 fully saturated rings. The largest absolute Gasteiger partial charge is 0.496 e. The number of methoxy groups -OCH3 is 2. The van der Waals surface area contributed by atoms with Crippen molar-refractivity contribution in [1.29, 1.82) is 0 Å². The normalized spacial score (nSPS) is 11.1. The molecular weight excluding hydrogens is 487 g/mol. The van der Waals surface area contributed by atoms with Crippen LogP contribution in [0.1, 0.15) is 29.2 Å². The van der Waals surface area contributed by atoms with Crippen molar-refractivity contribution < 1.29 is 37.0 Å². The maximum Gasteiger partial charge on any atom is 0.416 e. The molecule has 0 atom stereocenters. The lowest BCUT2D eigenvalue weighted by molar-refractivity contribution is -0.140. The van der Waals surface area contributed by atoms with Crippen LogP contribution in [0.15, 0.2) is 66.7 Å². The van der Waals surface area contributed by atoms with Gasteiger partial charge in [0.1, 0.15) is 12.4 Å². The minimum atomic E-state index is -4.57. The number of hydrogen-bond acceptors (Lipinski definition) is 5. The Morgan fingerprint density at radius 2 is 1.62 bits per heavy atom. The molecule has 196 valence electrons. The van der Waals surface area contributed by atoms with E-state index in [1.807, 2.05) is 30.3 Å². The van der Waals surface area contributed by atoms with Crippen molar-refractivity contribution in [2.24, 2.45) is 0 Å². The highest BCUT2D eigenvalue weighted by atomic mass is 19.4. The van der Waals surface area contributed by atoms with Gasteiger partial charge in [0.25, 0.3) is 0 Å². The minimum Gasteiger partial charge on any atom is -0.496 e. The first-order valence-electron chi connectivity index (χ1n) is 11.6. The number of alkyl halides is 3.